The molecule has 0 aliphatic rings. The minimum Gasteiger partial charge on any atom is -0.457 e. The number of ether oxygens (including phenoxy) is 2. The van der Waals surface area contributed by atoms with Crippen LogP contribution in [0.2, 0.25) is 0 Å². The van der Waals surface area contributed by atoms with Crippen LogP contribution in [-0.2, 0) is 25.7 Å². The van der Waals surface area contributed by atoms with Gasteiger partial charge < -0.3 is 20.9 Å². The molecule has 4 aromatic carbocycles. The predicted molar refractivity (Wildman–Crippen MR) is 170 cm³/mol. The molecule has 4 N–H and O–H groups in total. The molecule has 0 spiro atoms. The molecule has 0 bridgehead atoms. The molecule has 0 radical (unpaired) electrons. The van der Waals surface area contributed by atoms with Crippen LogP contribution >= 0.6 is 0 Å². The number of anilines is 2. The lowest BCUT2D eigenvalue weighted by Gasteiger charge is -2.20. The number of rotatable bonds is 13. The molecular weight excluding hydrogens is 492 g/mol. The lowest BCUT2D eigenvalue weighted by atomic mass is 9.91. The first-order chi connectivity index (χ1) is 19.4. The van der Waals surface area contributed by atoms with Gasteiger partial charge in [0, 0.05) is 11.4 Å². The third-order valence-electron chi connectivity index (χ3n) is 7.10. The Labute approximate surface area is 240 Å². The second-order valence-electron chi connectivity index (χ2n) is 10.6. The van der Waals surface area contributed by atoms with Crippen molar-refractivity contribution in [2.45, 2.75) is 79.1 Å². The van der Waals surface area contributed by atoms with Crippen LogP contribution < -0.4 is 20.9 Å². The molecule has 0 saturated carbocycles. The van der Waals surface area contributed by atoms with Crippen LogP contribution in [0.1, 0.15) is 75.6 Å². The van der Waals surface area contributed by atoms with E-state index in [9.17, 15) is 0 Å². The fraction of sp³-hybridized carbons (Fsp3) is 0.333. The van der Waals surface area contributed by atoms with Crippen molar-refractivity contribution in [1.82, 2.24) is 0 Å². The second-order valence-corrected chi connectivity index (χ2v) is 10.6. The quantitative estimate of drug-likeness (QED) is 0.167. The van der Waals surface area contributed by atoms with Crippen LogP contribution in [0.5, 0.6) is 23.0 Å². The Bertz CT molecular complexity index is 1230. The van der Waals surface area contributed by atoms with Gasteiger partial charge in [0.25, 0.3) is 0 Å². The summed E-state index contributed by atoms with van der Waals surface area (Å²) in [5, 5.41) is 0. The highest BCUT2D eigenvalue weighted by atomic mass is 16.5. The number of nitrogen functional groups attached to an aromatic ring is 2. The zero-order valence-electron chi connectivity index (χ0n) is 24.6. The molecule has 4 nitrogen and oxygen atoms in total. The molecule has 4 rings (SSSR count). The Kier molecular flexibility index (Phi) is 10.1. The fourth-order valence-corrected chi connectivity index (χ4v) is 5.23. The van der Waals surface area contributed by atoms with E-state index in [4.69, 9.17) is 20.9 Å². The van der Waals surface area contributed by atoms with Gasteiger partial charge in [-0.25, -0.2) is 0 Å². The van der Waals surface area contributed by atoms with E-state index in [2.05, 4.69) is 52.0 Å². The summed E-state index contributed by atoms with van der Waals surface area (Å²) in [7, 11) is 0. The Morgan fingerprint density at radius 2 is 0.725 bits per heavy atom. The van der Waals surface area contributed by atoms with Crippen LogP contribution in [-0.4, -0.2) is 0 Å². The summed E-state index contributed by atoms with van der Waals surface area (Å²) in [6, 6.07) is 24.7. The van der Waals surface area contributed by atoms with Crippen molar-refractivity contribution >= 4 is 11.4 Å². The number of hydrogen-bond acceptors (Lipinski definition) is 4. The van der Waals surface area contributed by atoms with Crippen LogP contribution in [0, 0.1) is 0 Å². The third-order valence-corrected chi connectivity index (χ3v) is 7.10. The molecule has 0 aromatic heterocycles. The van der Waals surface area contributed by atoms with E-state index in [-0.39, 0.29) is 0 Å². The largest absolute Gasteiger partial charge is 0.457 e. The van der Waals surface area contributed by atoms with Gasteiger partial charge in [-0.1, -0.05) is 53.4 Å². The fourth-order valence-electron chi connectivity index (χ4n) is 5.23. The molecule has 4 heteroatoms. The Hall–Kier alpha value is -3.92. The highest BCUT2D eigenvalue weighted by Crippen LogP contribution is 2.40. The van der Waals surface area contributed by atoms with E-state index in [0.29, 0.717) is 0 Å². The van der Waals surface area contributed by atoms with Crippen molar-refractivity contribution in [2.75, 3.05) is 11.5 Å². The first-order valence-electron chi connectivity index (χ1n) is 14.8. The summed E-state index contributed by atoms with van der Waals surface area (Å²) in [4.78, 5) is 0. The summed E-state index contributed by atoms with van der Waals surface area (Å²) in [6.07, 6.45) is 8.00. The summed E-state index contributed by atoms with van der Waals surface area (Å²) in [5.41, 5.74) is 20.8. The van der Waals surface area contributed by atoms with Gasteiger partial charge in [-0.2, -0.15) is 0 Å². The molecular formula is C36H44N2O2. The molecule has 0 aliphatic heterocycles. The van der Waals surface area contributed by atoms with Gasteiger partial charge in [0.05, 0.1) is 0 Å². The van der Waals surface area contributed by atoms with Crippen LogP contribution in [0.3, 0.4) is 0 Å². The van der Waals surface area contributed by atoms with Crippen molar-refractivity contribution in [2.24, 2.45) is 0 Å². The monoisotopic (exact) mass is 536 g/mol. The van der Waals surface area contributed by atoms with Gasteiger partial charge in [-0.3, -0.25) is 0 Å². The first kappa shape index (κ1) is 29.1. The number of benzene rings is 4. The number of hydrogen-bond donors (Lipinski definition) is 2. The van der Waals surface area contributed by atoms with Crippen molar-refractivity contribution in [3.8, 4) is 34.1 Å². The summed E-state index contributed by atoms with van der Waals surface area (Å²) >= 11 is 0. The van der Waals surface area contributed by atoms with Crippen molar-refractivity contribution in [3.63, 3.8) is 0 Å². The molecule has 0 unspecified atom stereocenters. The lowest BCUT2D eigenvalue weighted by molar-refractivity contribution is 0.468. The van der Waals surface area contributed by atoms with Crippen molar-refractivity contribution in [1.29, 1.82) is 0 Å². The Balaban J connectivity index is 1.82. The SMILES string of the molecule is CCCc1cc(-c2cc(CCC)c(Oc3ccc(N)cc3)c(CCC)c2)cc(CCC)c1Oc1ccc(N)cc1. The van der Waals surface area contributed by atoms with E-state index < -0.39 is 0 Å². The van der Waals surface area contributed by atoms with Crippen molar-refractivity contribution < 1.29 is 9.47 Å². The molecule has 0 amide bonds. The van der Waals surface area contributed by atoms with E-state index in [1.54, 1.807) is 0 Å². The average Bonchev–Trinajstić information content (AvgIpc) is 2.94. The van der Waals surface area contributed by atoms with E-state index in [0.717, 1.165) is 85.7 Å². The smallest absolute Gasteiger partial charge is 0.133 e. The lowest BCUT2D eigenvalue weighted by Crippen LogP contribution is -2.02. The summed E-state index contributed by atoms with van der Waals surface area (Å²) < 4.78 is 13.1. The maximum Gasteiger partial charge on any atom is 0.133 e. The molecule has 0 heterocycles. The van der Waals surface area contributed by atoms with Gasteiger partial charge in [0.1, 0.15) is 23.0 Å². The van der Waals surface area contributed by atoms with Crippen molar-refractivity contribution in [3.05, 3.63) is 95.1 Å². The minimum atomic E-state index is 0.736. The van der Waals surface area contributed by atoms with E-state index in [1.807, 2.05) is 48.5 Å². The molecule has 4 aromatic rings. The van der Waals surface area contributed by atoms with Crippen LogP contribution in [0.25, 0.3) is 11.1 Å². The molecule has 0 aliphatic carbocycles. The van der Waals surface area contributed by atoms with Gasteiger partial charge in [-0.15, -0.1) is 0 Å². The third kappa shape index (κ3) is 7.18. The van der Waals surface area contributed by atoms with Gasteiger partial charge >= 0.3 is 0 Å². The standard InChI is InChI=1S/C36H44N2O2/c1-5-9-25-21-29(22-26(10-6-2)35(25)39-33-17-13-31(37)14-18-33)30-23-27(11-7-3)36(28(24-30)12-8-4)40-34-19-15-32(38)16-20-34/h13-24H,5-12,37-38H2,1-4H3. The Morgan fingerprint density at radius 3 is 0.975 bits per heavy atom. The molecule has 0 saturated heterocycles. The van der Waals surface area contributed by atoms with E-state index >= 15 is 0 Å². The first-order valence-corrected chi connectivity index (χ1v) is 14.8. The maximum absolute atomic E-state index is 6.53. The normalized spacial score (nSPS) is 11.0. The van der Waals surface area contributed by atoms with Gasteiger partial charge in [0.2, 0.25) is 0 Å². The number of nitrogens with two attached hydrogens (primary N) is 2. The Morgan fingerprint density at radius 1 is 0.450 bits per heavy atom. The van der Waals surface area contributed by atoms with Crippen LogP contribution in [0.4, 0.5) is 11.4 Å². The zero-order valence-corrected chi connectivity index (χ0v) is 24.6. The van der Waals surface area contributed by atoms with Gasteiger partial charge in [0.15, 0.2) is 0 Å². The van der Waals surface area contributed by atoms with Gasteiger partial charge in [-0.05, 0) is 132 Å². The number of aryl methyl sites for hydroxylation is 4. The van der Waals surface area contributed by atoms with Crippen LogP contribution in [0.15, 0.2) is 72.8 Å². The minimum absolute atomic E-state index is 0.736. The van der Waals surface area contributed by atoms with E-state index in [1.165, 1.54) is 33.4 Å². The molecule has 0 fully saturated rings. The molecule has 0 atom stereocenters. The zero-order chi connectivity index (χ0) is 28.5. The highest BCUT2D eigenvalue weighted by molar-refractivity contribution is 5.71. The topological polar surface area (TPSA) is 70.5 Å². The summed E-state index contributed by atoms with van der Waals surface area (Å²) in [5.74, 6) is 3.61. The maximum atomic E-state index is 6.53. The molecule has 40 heavy (non-hydrogen) atoms. The average molecular weight is 537 g/mol. The highest BCUT2D eigenvalue weighted by Gasteiger charge is 2.18. The second kappa shape index (κ2) is 13.9. The molecule has 210 valence electrons. The predicted octanol–water partition coefficient (Wildman–Crippen LogP) is 9.91. The summed E-state index contributed by atoms with van der Waals surface area (Å²) in [6.45, 7) is 8.89.